The minimum atomic E-state index is -1.10. The number of benzene rings is 1. The molecule has 0 amide bonds. The number of aliphatic hydroxyl groups is 1. The lowest BCUT2D eigenvalue weighted by Crippen LogP contribution is -2.24. The second-order valence-corrected chi connectivity index (χ2v) is 4.66. The van der Waals surface area contributed by atoms with Crippen LogP contribution in [0.15, 0.2) is 42.6 Å². The van der Waals surface area contributed by atoms with Gasteiger partial charge in [0.05, 0.1) is 12.7 Å². The molecule has 1 heterocycles. The summed E-state index contributed by atoms with van der Waals surface area (Å²) in [4.78, 5) is 4.20. The molecule has 0 spiro atoms. The Bertz CT molecular complexity index is 553. The van der Waals surface area contributed by atoms with Gasteiger partial charge in [-0.05, 0) is 36.8 Å². The van der Waals surface area contributed by atoms with E-state index in [1.807, 2.05) is 18.2 Å². The lowest BCUT2D eigenvalue weighted by Gasteiger charge is -2.24. The highest BCUT2D eigenvalue weighted by atomic mass is 16.5. The first-order chi connectivity index (χ1) is 9.03. The van der Waals surface area contributed by atoms with Gasteiger partial charge in [0, 0.05) is 18.3 Å². The molecule has 1 aromatic heterocycles. The number of aromatic hydroxyl groups is 1. The van der Waals surface area contributed by atoms with E-state index in [0.29, 0.717) is 17.7 Å². The number of phenols is 1. The van der Waals surface area contributed by atoms with Crippen LogP contribution in [-0.2, 0) is 12.0 Å². The number of pyridine rings is 1. The summed E-state index contributed by atoms with van der Waals surface area (Å²) in [6.07, 6.45) is 2.07. The summed E-state index contributed by atoms with van der Waals surface area (Å²) in [5, 5.41) is 20.3. The van der Waals surface area contributed by atoms with Gasteiger partial charge in [-0.3, -0.25) is 4.98 Å². The van der Waals surface area contributed by atoms with Gasteiger partial charge in [0.2, 0.25) is 0 Å². The molecule has 2 rings (SSSR count). The van der Waals surface area contributed by atoms with Gasteiger partial charge in [0.15, 0.2) is 11.5 Å². The molecular weight excluding hydrogens is 242 g/mol. The summed E-state index contributed by atoms with van der Waals surface area (Å²) in [6.45, 7) is 1.70. The second kappa shape index (κ2) is 5.28. The van der Waals surface area contributed by atoms with E-state index in [9.17, 15) is 10.2 Å². The third kappa shape index (κ3) is 3.03. The summed E-state index contributed by atoms with van der Waals surface area (Å²) in [6, 6.07) is 10.5. The third-order valence-corrected chi connectivity index (χ3v) is 3.05. The van der Waals surface area contributed by atoms with Crippen molar-refractivity contribution in [2.75, 3.05) is 7.11 Å². The van der Waals surface area contributed by atoms with Crippen molar-refractivity contribution in [2.24, 2.45) is 0 Å². The van der Waals surface area contributed by atoms with Crippen molar-refractivity contribution in [3.63, 3.8) is 0 Å². The predicted octanol–water partition coefficient (Wildman–Crippen LogP) is 2.25. The van der Waals surface area contributed by atoms with Crippen molar-refractivity contribution in [2.45, 2.75) is 18.9 Å². The van der Waals surface area contributed by atoms with Crippen LogP contribution < -0.4 is 4.74 Å². The zero-order valence-corrected chi connectivity index (χ0v) is 11.0. The van der Waals surface area contributed by atoms with Crippen molar-refractivity contribution in [3.8, 4) is 11.5 Å². The fourth-order valence-electron chi connectivity index (χ4n) is 1.98. The number of phenolic OH excluding ortho intramolecular Hbond substituents is 1. The second-order valence-electron chi connectivity index (χ2n) is 4.66. The van der Waals surface area contributed by atoms with Gasteiger partial charge < -0.3 is 14.9 Å². The highest BCUT2D eigenvalue weighted by Crippen LogP contribution is 2.32. The maximum absolute atomic E-state index is 10.5. The SMILES string of the molecule is COc1ccc(C(C)(O)Cc2ccccn2)cc1O. The van der Waals surface area contributed by atoms with Crippen LogP contribution in [0.4, 0.5) is 0 Å². The van der Waals surface area contributed by atoms with Gasteiger partial charge in [-0.25, -0.2) is 0 Å². The van der Waals surface area contributed by atoms with Gasteiger partial charge in [0.25, 0.3) is 0 Å². The lowest BCUT2D eigenvalue weighted by molar-refractivity contribution is 0.0563. The number of rotatable bonds is 4. The molecule has 0 saturated carbocycles. The van der Waals surface area contributed by atoms with E-state index in [4.69, 9.17) is 4.74 Å². The van der Waals surface area contributed by atoms with Gasteiger partial charge in [-0.1, -0.05) is 12.1 Å². The number of methoxy groups -OCH3 is 1. The summed E-state index contributed by atoms with van der Waals surface area (Å²) in [5.74, 6) is 0.402. The standard InChI is InChI=1S/C15H17NO3/c1-15(18,10-12-5-3-4-8-16-12)11-6-7-14(19-2)13(17)9-11/h3-9,17-18H,10H2,1-2H3. The van der Waals surface area contributed by atoms with Crippen molar-refractivity contribution in [1.82, 2.24) is 4.98 Å². The minimum absolute atomic E-state index is 0.0151. The number of aromatic nitrogens is 1. The first-order valence-corrected chi connectivity index (χ1v) is 6.03. The Hall–Kier alpha value is -2.07. The molecule has 19 heavy (non-hydrogen) atoms. The van der Waals surface area contributed by atoms with E-state index < -0.39 is 5.60 Å². The molecule has 0 bridgehead atoms. The van der Waals surface area contributed by atoms with E-state index in [-0.39, 0.29) is 5.75 Å². The Kier molecular flexibility index (Phi) is 3.71. The molecule has 0 aliphatic rings. The fourth-order valence-corrected chi connectivity index (χ4v) is 1.98. The van der Waals surface area contributed by atoms with Crippen molar-refractivity contribution in [1.29, 1.82) is 0 Å². The van der Waals surface area contributed by atoms with Crippen LogP contribution in [0.3, 0.4) is 0 Å². The highest BCUT2D eigenvalue weighted by molar-refractivity contribution is 5.43. The number of nitrogens with zero attached hydrogens (tertiary/aromatic N) is 1. The van der Waals surface area contributed by atoms with Gasteiger partial charge in [-0.2, -0.15) is 0 Å². The monoisotopic (exact) mass is 259 g/mol. The Morgan fingerprint density at radius 1 is 1.26 bits per heavy atom. The average molecular weight is 259 g/mol. The van der Waals surface area contributed by atoms with Crippen LogP contribution in [0.2, 0.25) is 0 Å². The van der Waals surface area contributed by atoms with E-state index >= 15 is 0 Å². The molecule has 2 N–H and O–H groups in total. The largest absolute Gasteiger partial charge is 0.504 e. The molecule has 100 valence electrons. The van der Waals surface area contributed by atoms with E-state index in [2.05, 4.69) is 4.98 Å². The zero-order valence-electron chi connectivity index (χ0n) is 11.0. The van der Waals surface area contributed by atoms with Crippen molar-refractivity contribution < 1.29 is 14.9 Å². The maximum Gasteiger partial charge on any atom is 0.160 e. The molecule has 0 aliphatic carbocycles. The van der Waals surface area contributed by atoms with Crippen LogP contribution in [-0.4, -0.2) is 22.3 Å². The molecule has 1 atom stereocenters. The Labute approximate surface area is 112 Å². The highest BCUT2D eigenvalue weighted by Gasteiger charge is 2.25. The van der Waals surface area contributed by atoms with Crippen LogP contribution in [0.25, 0.3) is 0 Å². The molecule has 4 heteroatoms. The summed E-state index contributed by atoms with van der Waals surface area (Å²) < 4.78 is 4.99. The summed E-state index contributed by atoms with van der Waals surface area (Å²) in [7, 11) is 1.49. The van der Waals surface area contributed by atoms with Crippen LogP contribution in [0, 0.1) is 0 Å². The van der Waals surface area contributed by atoms with Crippen LogP contribution in [0.1, 0.15) is 18.2 Å². The van der Waals surface area contributed by atoms with Crippen molar-refractivity contribution in [3.05, 3.63) is 53.9 Å². The van der Waals surface area contributed by atoms with Crippen LogP contribution >= 0.6 is 0 Å². The summed E-state index contributed by atoms with van der Waals surface area (Å²) >= 11 is 0. The number of ether oxygens (including phenoxy) is 1. The van der Waals surface area contributed by atoms with E-state index in [1.165, 1.54) is 13.2 Å². The molecular formula is C15H17NO3. The topological polar surface area (TPSA) is 62.6 Å². The fraction of sp³-hybridized carbons (Fsp3) is 0.267. The van der Waals surface area contributed by atoms with Crippen LogP contribution in [0.5, 0.6) is 11.5 Å². The predicted molar refractivity (Wildman–Crippen MR) is 72.2 cm³/mol. The van der Waals surface area contributed by atoms with Gasteiger partial charge >= 0.3 is 0 Å². The number of hydrogen-bond acceptors (Lipinski definition) is 4. The molecule has 0 aliphatic heterocycles. The molecule has 1 aromatic carbocycles. The lowest BCUT2D eigenvalue weighted by atomic mass is 9.90. The molecule has 0 radical (unpaired) electrons. The quantitative estimate of drug-likeness (QED) is 0.884. The van der Waals surface area contributed by atoms with Gasteiger partial charge in [0.1, 0.15) is 0 Å². The number of hydrogen-bond donors (Lipinski definition) is 2. The molecule has 2 aromatic rings. The molecule has 4 nitrogen and oxygen atoms in total. The molecule has 0 saturated heterocycles. The zero-order chi connectivity index (χ0) is 13.9. The molecule has 1 unspecified atom stereocenters. The first kappa shape index (κ1) is 13.4. The minimum Gasteiger partial charge on any atom is -0.504 e. The smallest absolute Gasteiger partial charge is 0.160 e. The normalized spacial score (nSPS) is 13.8. The van der Waals surface area contributed by atoms with Crippen molar-refractivity contribution >= 4 is 0 Å². The summed E-state index contributed by atoms with van der Waals surface area (Å²) in [5.41, 5.74) is 0.317. The molecule has 0 fully saturated rings. The average Bonchev–Trinajstić information content (AvgIpc) is 2.39. The van der Waals surface area contributed by atoms with E-state index in [0.717, 1.165) is 5.69 Å². The third-order valence-electron chi connectivity index (χ3n) is 3.05. The Balaban J connectivity index is 2.26. The maximum atomic E-state index is 10.5. The first-order valence-electron chi connectivity index (χ1n) is 6.03. The van der Waals surface area contributed by atoms with E-state index in [1.54, 1.807) is 25.3 Å². The Morgan fingerprint density at radius 2 is 2.05 bits per heavy atom. The Morgan fingerprint density at radius 3 is 2.63 bits per heavy atom. The van der Waals surface area contributed by atoms with Gasteiger partial charge in [-0.15, -0.1) is 0 Å².